The number of aromatic nitrogens is 2. The van der Waals surface area contributed by atoms with Crippen molar-refractivity contribution in [2.75, 3.05) is 46.9 Å². The molecule has 12 nitrogen and oxygen atoms in total. The fourth-order valence-corrected chi connectivity index (χ4v) is 5.95. The fraction of sp³-hybridized carbons (Fsp3) is 0.432. The monoisotopic (exact) mass is 768 g/mol. The number of hydrogen-bond donors (Lipinski definition) is 3. The van der Waals surface area contributed by atoms with E-state index in [1.54, 1.807) is 12.4 Å². The maximum Gasteiger partial charge on any atom is 0.414 e. The van der Waals surface area contributed by atoms with Crippen LogP contribution in [0.1, 0.15) is 81.7 Å². The maximum absolute atomic E-state index is 12.9. The number of aliphatic hydroxyl groups is 1. The number of pyridine rings is 1. The topological polar surface area (TPSA) is 149 Å². The summed E-state index contributed by atoms with van der Waals surface area (Å²) >= 11 is 0. The van der Waals surface area contributed by atoms with E-state index in [0.29, 0.717) is 25.5 Å². The molecule has 0 spiro atoms. The summed E-state index contributed by atoms with van der Waals surface area (Å²) in [4.78, 5) is 52.2. The predicted octanol–water partition coefficient (Wildman–Crippen LogP) is 7.99. The number of hydrogen-bond acceptors (Lipinski definition) is 9. The molecule has 12 heteroatoms. The highest BCUT2D eigenvalue weighted by Gasteiger charge is 2.22. The van der Waals surface area contributed by atoms with Gasteiger partial charge in [-0.15, -0.1) is 0 Å². The highest BCUT2D eigenvalue weighted by Crippen LogP contribution is 2.34. The van der Waals surface area contributed by atoms with Gasteiger partial charge in [-0.25, -0.2) is 4.79 Å². The number of benzene rings is 2. The number of carbonyl (C=O) groups excluding carboxylic acids is 3. The third kappa shape index (κ3) is 13.1. The van der Waals surface area contributed by atoms with Crippen LogP contribution in [-0.2, 0) is 30.9 Å². The number of alkyl carbamates (subject to hydrolysis) is 1. The van der Waals surface area contributed by atoms with Gasteiger partial charge in [0.05, 0.1) is 0 Å². The number of aryl methyl sites for hydroxylation is 2. The molecule has 302 valence electrons. The third-order valence-electron chi connectivity index (χ3n) is 9.88. The van der Waals surface area contributed by atoms with Crippen LogP contribution in [0.5, 0.6) is 0 Å². The van der Waals surface area contributed by atoms with E-state index in [0.717, 1.165) is 75.8 Å². The molecule has 4 rings (SSSR count). The average molecular weight is 769 g/mol. The van der Waals surface area contributed by atoms with Crippen molar-refractivity contribution >= 4 is 35.7 Å². The van der Waals surface area contributed by atoms with Crippen molar-refractivity contribution in [2.45, 2.75) is 79.6 Å². The summed E-state index contributed by atoms with van der Waals surface area (Å²) in [5.41, 5.74) is 7.74. The van der Waals surface area contributed by atoms with Gasteiger partial charge < -0.3 is 34.2 Å². The minimum Gasteiger partial charge on any atom is -0.506 e. The number of guanidine groups is 1. The number of allylic oxidation sites excluding steroid dienone is 1. The van der Waals surface area contributed by atoms with Gasteiger partial charge in [0.25, 0.3) is 6.47 Å². The molecule has 1 unspecified atom stereocenters. The Kier molecular flexibility index (Phi) is 17.3. The number of carbonyl (C=O) groups is 3. The zero-order valence-corrected chi connectivity index (χ0v) is 34.7. The Morgan fingerprint density at radius 1 is 1.04 bits per heavy atom. The molecule has 1 amide bonds. The first kappa shape index (κ1) is 44.9. The lowest BCUT2D eigenvalue weighted by Gasteiger charge is -2.23. The number of aldehydes is 1. The van der Waals surface area contributed by atoms with Crippen LogP contribution in [-0.4, -0.2) is 96.6 Å². The normalized spacial score (nSPS) is 12.7. The number of aliphatic imine (C=N–C) groups is 1. The Balaban J connectivity index is 0.00000130. The molecule has 0 aliphatic rings. The molecule has 0 aliphatic heterocycles. The second kappa shape index (κ2) is 21.6. The van der Waals surface area contributed by atoms with Crippen molar-refractivity contribution < 1.29 is 29.0 Å². The maximum atomic E-state index is 12.9. The first-order valence-electron chi connectivity index (χ1n) is 19.1. The van der Waals surface area contributed by atoms with Crippen LogP contribution in [0.15, 0.2) is 77.4 Å². The highest BCUT2D eigenvalue weighted by molar-refractivity contribution is 5.94. The lowest BCUT2D eigenvalue weighted by atomic mass is 9.85. The number of ether oxygens (including phenoxy) is 2. The largest absolute Gasteiger partial charge is 0.506 e. The quantitative estimate of drug-likeness (QED) is 0.0446. The Hall–Kier alpha value is -5.49. The van der Waals surface area contributed by atoms with Gasteiger partial charge in [-0.1, -0.05) is 44.0 Å². The molecule has 0 bridgehead atoms. The number of nitrogens with one attached hydrogen (secondary N) is 2. The second-order valence-electron chi connectivity index (χ2n) is 14.7. The van der Waals surface area contributed by atoms with Crippen molar-refractivity contribution in [3.63, 3.8) is 0 Å². The van der Waals surface area contributed by atoms with Crippen LogP contribution in [0, 0.1) is 13.8 Å². The van der Waals surface area contributed by atoms with Crippen LogP contribution in [0.3, 0.4) is 0 Å². The number of aliphatic hydroxyl groups excluding tert-OH is 1. The number of aromatic amines is 1. The molecule has 2 aromatic carbocycles. The molecule has 0 saturated heterocycles. The SMILES string of the molecule is C/C(OC=O)=C(/O)COC(=O)NC(=NCCc1c(-c2cc(C)cc(C)c2)[nH]c2ccc(C(C)(C)C=O)cc12)N(C)CCC(C)c1ccncc1.CCN(C)CC. The van der Waals surface area contributed by atoms with Crippen LogP contribution in [0.25, 0.3) is 22.2 Å². The van der Waals surface area contributed by atoms with E-state index in [1.807, 2.05) is 50.1 Å². The molecule has 1 atom stereocenters. The van der Waals surface area contributed by atoms with Crippen LogP contribution in [0.4, 0.5) is 4.79 Å². The van der Waals surface area contributed by atoms with E-state index >= 15 is 0 Å². The molecular formula is C44H60N6O6. The van der Waals surface area contributed by atoms with Crippen molar-refractivity contribution in [3.05, 3.63) is 100 Å². The third-order valence-corrected chi connectivity index (χ3v) is 9.88. The van der Waals surface area contributed by atoms with E-state index in [2.05, 4.69) is 90.9 Å². The van der Waals surface area contributed by atoms with Gasteiger partial charge in [0.15, 0.2) is 12.4 Å². The lowest BCUT2D eigenvalue weighted by molar-refractivity contribution is -0.125. The van der Waals surface area contributed by atoms with Gasteiger partial charge in [0.1, 0.15) is 12.0 Å². The van der Waals surface area contributed by atoms with Crippen LogP contribution >= 0.6 is 0 Å². The molecule has 4 aromatic rings. The summed E-state index contributed by atoms with van der Waals surface area (Å²) in [6, 6.07) is 16.5. The lowest BCUT2D eigenvalue weighted by Crippen LogP contribution is -2.43. The first-order chi connectivity index (χ1) is 26.6. The Morgan fingerprint density at radius 2 is 1.70 bits per heavy atom. The van der Waals surface area contributed by atoms with Gasteiger partial charge in [-0.3, -0.25) is 20.1 Å². The van der Waals surface area contributed by atoms with Gasteiger partial charge in [0.2, 0.25) is 5.96 Å². The number of nitrogens with zero attached hydrogens (tertiary/aromatic N) is 4. The number of rotatable bonds is 16. The molecule has 3 N–H and O–H groups in total. The van der Waals surface area contributed by atoms with E-state index in [9.17, 15) is 19.5 Å². The summed E-state index contributed by atoms with van der Waals surface area (Å²) < 4.78 is 9.84. The second-order valence-corrected chi connectivity index (χ2v) is 14.7. The minimum atomic E-state index is -0.827. The van der Waals surface area contributed by atoms with E-state index in [1.165, 1.54) is 6.92 Å². The van der Waals surface area contributed by atoms with Crippen molar-refractivity contribution in [2.24, 2.45) is 4.99 Å². The van der Waals surface area contributed by atoms with Crippen LogP contribution < -0.4 is 5.32 Å². The smallest absolute Gasteiger partial charge is 0.414 e. The standard InChI is InChI=1S/C39H47N5O6.C5H13N/c1-25-18-26(2)20-30(19-25)36-32(33-21-31(39(5,6)23-45)8-9-34(33)42-36)12-16-41-37(43-38(48)49-22-35(47)28(4)50-24-46)44(7)17-13-27(3)29-10-14-40-15-11-29;1-4-6(3)5-2/h8-11,14-15,18-21,23-24,27,42,47H,12-13,16-17,22H2,1-7H3,(H,41,43,48);4-5H2,1-3H3/b35-28-;. The van der Waals surface area contributed by atoms with Crippen molar-refractivity contribution in [1.29, 1.82) is 0 Å². The molecular weight excluding hydrogens is 709 g/mol. The number of H-pyrrole nitrogens is 1. The summed E-state index contributed by atoms with van der Waals surface area (Å²) in [6.07, 6.45) is 4.98. The zero-order valence-electron chi connectivity index (χ0n) is 34.7. The molecule has 2 aromatic heterocycles. The van der Waals surface area contributed by atoms with E-state index in [-0.39, 0.29) is 23.9 Å². The molecule has 0 fully saturated rings. The summed E-state index contributed by atoms with van der Waals surface area (Å²) in [5.74, 6) is 0.0762. The highest BCUT2D eigenvalue weighted by atomic mass is 16.6. The minimum absolute atomic E-state index is 0.0677. The summed E-state index contributed by atoms with van der Waals surface area (Å²) in [7, 11) is 3.96. The van der Waals surface area contributed by atoms with Crippen LogP contribution in [0.2, 0.25) is 0 Å². The zero-order chi connectivity index (χ0) is 41.4. The number of fused-ring (bicyclic) bond motifs is 1. The van der Waals surface area contributed by atoms with Gasteiger partial charge in [-0.2, -0.15) is 0 Å². The predicted molar refractivity (Wildman–Crippen MR) is 224 cm³/mol. The molecule has 56 heavy (non-hydrogen) atoms. The Bertz CT molecular complexity index is 1940. The van der Waals surface area contributed by atoms with E-state index < -0.39 is 18.1 Å². The fourth-order valence-electron chi connectivity index (χ4n) is 5.95. The van der Waals surface area contributed by atoms with Crippen molar-refractivity contribution in [3.8, 4) is 11.3 Å². The van der Waals surface area contributed by atoms with Gasteiger partial charge in [0, 0.05) is 54.5 Å². The number of amides is 1. The summed E-state index contributed by atoms with van der Waals surface area (Å²) in [6.45, 7) is 18.7. The first-order valence-corrected chi connectivity index (χ1v) is 19.1. The molecule has 0 radical (unpaired) electrons. The van der Waals surface area contributed by atoms with Crippen molar-refractivity contribution in [1.82, 2.24) is 25.1 Å². The molecule has 0 saturated carbocycles. The molecule has 2 heterocycles. The molecule has 0 aliphatic carbocycles. The Morgan fingerprint density at radius 3 is 2.29 bits per heavy atom. The van der Waals surface area contributed by atoms with Gasteiger partial charge in [-0.05, 0) is 132 Å². The van der Waals surface area contributed by atoms with Gasteiger partial charge >= 0.3 is 6.09 Å². The average Bonchev–Trinajstić information content (AvgIpc) is 3.56. The summed E-state index contributed by atoms with van der Waals surface area (Å²) in [5, 5.41) is 13.8. The van der Waals surface area contributed by atoms with E-state index in [4.69, 9.17) is 9.73 Å². The Labute approximate surface area is 332 Å².